The van der Waals surface area contributed by atoms with E-state index in [1.165, 1.54) is 0 Å². The quantitative estimate of drug-likeness (QED) is 0.706. The molecule has 4 atom stereocenters. The Morgan fingerprint density at radius 2 is 1.93 bits per heavy atom. The minimum atomic E-state index is -0.873. The molecular weight excluding hydrogens is 182 g/mol. The number of amides is 1. The fourth-order valence-corrected chi connectivity index (χ4v) is 1.36. The predicted molar refractivity (Wildman–Crippen MR) is 51.7 cm³/mol. The van der Waals surface area contributed by atoms with Gasteiger partial charge in [0.15, 0.2) is 0 Å². The Morgan fingerprint density at radius 3 is 2.29 bits per heavy atom. The fourth-order valence-electron chi connectivity index (χ4n) is 1.36. The molecule has 0 aromatic carbocycles. The van der Waals surface area contributed by atoms with Crippen molar-refractivity contribution in [3.05, 3.63) is 0 Å². The molecule has 0 aromatic rings. The molecule has 4 heteroatoms. The highest BCUT2D eigenvalue weighted by Gasteiger charge is 2.39. The summed E-state index contributed by atoms with van der Waals surface area (Å²) in [6, 6.07) is -0.298. The van der Waals surface area contributed by atoms with Crippen LogP contribution in [-0.4, -0.2) is 23.0 Å². The van der Waals surface area contributed by atoms with E-state index in [-0.39, 0.29) is 17.9 Å². The monoisotopic (exact) mass is 199 g/mol. The maximum atomic E-state index is 11.4. The van der Waals surface area contributed by atoms with Crippen LogP contribution in [0.15, 0.2) is 0 Å². The van der Waals surface area contributed by atoms with Crippen molar-refractivity contribution >= 4 is 11.9 Å². The van der Waals surface area contributed by atoms with Crippen LogP contribution >= 0.6 is 0 Å². The molecule has 1 aliphatic carbocycles. The zero-order valence-electron chi connectivity index (χ0n) is 8.78. The first kappa shape index (κ1) is 11.0. The number of carboxylic acid groups (broad SMARTS) is 1. The van der Waals surface area contributed by atoms with E-state index in [2.05, 4.69) is 5.32 Å². The Hall–Kier alpha value is -1.06. The molecule has 4 unspecified atom stereocenters. The number of carbonyl (C=O) groups is 2. The Bertz CT molecular complexity index is 252. The molecule has 0 bridgehead atoms. The van der Waals surface area contributed by atoms with Gasteiger partial charge in [-0.25, -0.2) is 0 Å². The maximum Gasteiger partial charge on any atom is 0.308 e. The van der Waals surface area contributed by atoms with E-state index in [9.17, 15) is 9.59 Å². The molecule has 0 aliphatic heterocycles. The van der Waals surface area contributed by atoms with Crippen LogP contribution in [0.2, 0.25) is 0 Å². The van der Waals surface area contributed by atoms with Gasteiger partial charge in [-0.3, -0.25) is 9.59 Å². The molecule has 0 aromatic heterocycles. The molecule has 0 saturated heterocycles. The molecule has 14 heavy (non-hydrogen) atoms. The lowest BCUT2D eigenvalue weighted by Gasteiger charge is -2.17. The SMILES string of the molecule is CC1CC1C(=O)NC(C)C(C)C(=O)O. The van der Waals surface area contributed by atoms with Gasteiger partial charge in [0, 0.05) is 12.0 Å². The van der Waals surface area contributed by atoms with Crippen molar-refractivity contribution < 1.29 is 14.7 Å². The second-order valence-electron chi connectivity index (χ2n) is 4.24. The first-order valence-electron chi connectivity index (χ1n) is 4.96. The van der Waals surface area contributed by atoms with Crippen molar-refractivity contribution in [1.29, 1.82) is 0 Å². The summed E-state index contributed by atoms with van der Waals surface area (Å²) >= 11 is 0. The van der Waals surface area contributed by atoms with E-state index in [0.717, 1.165) is 6.42 Å². The van der Waals surface area contributed by atoms with Crippen molar-refractivity contribution in [3.63, 3.8) is 0 Å². The number of hydrogen-bond donors (Lipinski definition) is 2. The molecule has 4 nitrogen and oxygen atoms in total. The summed E-state index contributed by atoms with van der Waals surface area (Å²) in [6.07, 6.45) is 0.931. The molecule has 1 rings (SSSR count). The molecular formula is C10H17NO3. The van der Waals surface area contributed by atoms with Crippen LogP contribution < -0.4 is 5.32 Å². The van der Waals surface area contributed by atoms with Gasteiger partial charge in [-0.15, -0.1) is 0 Å². The second kappa shape index (κ2) is 3.98. The van der Waals surface area contributed by atoms with Crippen molar-refractivity contribution in [2.24, 2.45) is 17.8 Å². The lowest BCUT2D eigenvalue weighted by Crippen LogP contribution is -2.40. The van der Waals surface area contributed by atoms with Crippen molar-refractivity contribution in [1.82, 2.24) is 5.32 Å². The first-order valence-corrected chi connectivity index (χ1v) is 4.96. The molecule has 1 aliphatic rings. The van der Waals surface area contributed by atoms with Gasteiger partial charge in [0.1, 0.15) is 0 Å². The van der Waals surface area contributed by atoms with Gasteiger partial charge in [0.25, 0.3) is 0 Å². The summed E-state index contributed by atoms with van der Waals surface area (Å²) in [5.74, 6) is -0.839. The summed E-state index contributed by atoms with van der Waals surface area (Å²) in [4.78, 5) is 22.1. The van der Waals surface area contributed by atoms with E-state index in [4.69, 9.17) is 5.11 Å². The van der Waals surface area contributed by atoms with Gasteiger partial charge in [0.05, 0.1) is 5.92 Å². The lowest BCUT2D eigenvalue weighted by atomic mass is 10.0. The van der Waals surface area contributed by atoms with Crippen LogP contribution in [0.3, 0.4) is 0 Å². The molecule has 80 valence electrons. The highest BCUT2D eigenvalue weighted by Crippen LogP contribution is 2.37. The summed E-state index contributed by atoms with van der Waals surface area (Å²) in [5, 5.41) is 11.5. The van der Waals surface area contributed by atoms with Crippen LogP contribution in [0.1, 0.15) is 27.2 Å². The van der Waals surface area contributed by atoms with Crippen LogP contribution in [0.5, 0.6) is 0 Å². The third-order valence-corrected chi connectivity index (χ3v) is 2.96. The largest absolute Gasteiger partial charge is 0.481 e. The average molecular weight is 199 g/mol. The van der Waals surface area contributed by atoms with Crippen LogP contribution in [0, 0.1) is 17.8 Å². The molecule has 2 N–H and O–H groups in total. The van der Waals surface area contributed by atoms with Crippen molar-refractivity contribution in [3.8, 4) is 0 Å². The normalized spacial score (nSPS) is 29.1. The van der Waals surface area contributed by atoms with Crippen LogP contribution in [-0.2, 0) is 9.59 Å². The standard InChI is InChI=1S/C10H17NO3/c1-5-4-8(5)9(12)11-7(3)6(2)10(13)14/h5-8H,4H2,1-3H3,(H,11,12)(H,13,14). The van der Waals surface area contributed by atoms with E-state index >= 15 is 0 Å². The van der Waals surface area contributed by atoms with Gasteiger partial charge in [-0.05, 0) is 26.2 Å². The third-order valence-electron chi connectivity index (χ3n) is 2.96. The lowest BCUT2D eigenvalue weighted by molar-refractivity contribution is -0.142. The molecule has 1 saturated carbocycles. The second-order valence-corrected chi connectivity index (χ2v) is 4.24. The Labute approximate surface area is 83.7 Å². The Kier molecular flexibility index (Phi) is 3.13. The van der Waals surface area contributed by atoms with Crippen LogP contribution in [0.25, 0.3) is 0 Å². The number of nitrogens with one attached hydrogen (secondary N) is 1. The highest BCUT2D eigenvalue weighted by molar-refractivity contribution is 5.82. The Morgan fingerprint density at radius 1 is 1.43 bits per heavy atom. The van der Waals surface area contributed by atoms with Gasteiger partial charge in [-0.2, -0.15) is 0 Å². The summed E-state index contributed by atoms with van der Waals surface area (Å²) in [7, 11) is 0. The molecule has 0 heterocycles. The number of carboxylic acids is 1. The van der Waals surface area contributed by atoms with E-state index < -0.39 is 11.9 Å². The number of rotatable bonds is 4. The summed E-state index contributed by atoms with van der Waals surface area (Å²) in [6.45, 7) is 5.35. The van der Waals surface area contributed by atoms with Gasteiger partial charge in [0.2, 0.25) is 5.91 Å². The van der Waals surface area contributed by atoms with Crippen molar-refractivity contribution in [2.45, 2.75) is 33.2 Å². The average Bonchev–Trinajstić information content (AvgIpc) is 2.80. The van der Waals surface area contributed by atoms with E-state index in [1.807, 2.05) is 6.92 Å². The van der Waals surface area contributed by atoms with E-state index in [0.29, 0.717) is 5.92 Å². The molecule has 1 amide bonds. The minimum absolute atomic E-state index is 0.00176. The van der Waals surface area contributed by atoms with Gasteiger partial charge >= 0.3 is 5.97 Å². The zero-order chi connectivity index (χ0) is 10.9. The van der Waals surface area contributed by atoms with Crippen molar-refractivity contribution in [2.75, 3.05) is 0 Å². The first-order chi connectivity index (χ1) is 6.43. The van der Waals surface area contributed by atoms with Crippen LogP contribution in [0.4, 0.5) is 0 Å². The number of aliphatic carboxylic acids is 1. The zero-order valence-corrected chi connectivity index (χ0v) is 8.78. The van der Waals surface area contributed by atoms with Gasteiger partial charge < -0.3 is 10.4 Å². The van der Waals surface area contributed by atoms with Gasteiger partial charge in [-0.1, -0.05) is 6.92 Å². The molecule has 0 radical (unpaired) electrons. The number of hydrogen-bond acceptors (Lipinski definition) is 2. The summed E-state index contributed by atoms with van der Waals surface area (Å²) in [5.41, 5.74) is 0. The number of carbonyl (C=O) groups excluding carboxylic acids is 1. The minimum Gasteiger partial charge on any atom is -0.481 e. The summed E-state index contributed by atoms with van der Waals surface area (Å²) < 4.78 is 0. The molecule has 1 fully saturated rings. The molecule has 0 spiro atoms. The predicted octanol–water partition coefficient (Wildman–Crippen LogP) is 0.868. The highest BCUT2D eigenvalue weighted by atomic mass is 16.4. The Balaban J connectivity index is 2.36. The fraction of sp³-hybridized carbons (Fsp3) is 0.800. The van der Waals surface area contributed by atoms with E-state index in [1.54, 1.807) is 13.8 Å². The smallest absolute Gasteiger partial charge is 0.308 e. The maximum absolute atomic E-state index is 11.4. The third kappa shape index (κ3) is 2.47. The topological polar surface area (TPSA) is 66.4 Å².